The molecule has 0 spiro atoms. The Morgan fingerprint density at radius 1 is 1.12 bits per heavy atom. The molecule has 2 saturated carbocycles. The summed E-state index contributed by atoms with van der Waals surface area (Å²) in [6.45, 7) is 1.21. The Balaban J connectivity index is 0.00000363. The molecule has 0 bridgehead atoms. The quantitative estimate of drug-likeness (QED) is 0.287. The van der Waals surface area contributed by atoms with Gasteiger partial charge in [0.2, 0.25) is 5.91 Å². The van der Waals surface area contributed by atoms with E-state index in [1.54, 1.807) is 19.1 Å². The Bertz CT molecular complexity index is 773. The van der Waals surface area contributed by atoms with E-state index in [-0.39, 0.29) is 41.4 Å². The molecule has 2 N–H and O–H groups in total. The van der Waals surface area contributed by atoms with Crippen molar-refractivity contribution in [1.29, 1.82) is 0 Å². The molecule has 2 fully saturated rings. The zero-order chi connectivity index (χ0) is 22.3. The molecule has 1 amide bonds. The standard InChI is InChI=1S/C24H38N4O3.HI/c1-25-23(27-17-24(13-7-8-14-24)22(29)28(2)3)26-16-18-11-12-20(30-4)21(15-18)31-19-9-5-6-10-19;/h11-12,15,19H,5-10,13-14,16-17H2,1-4H3,(H2,25,26,27);1H. The van der Waals surface area contributed by atoms with Crippen LogP contribution >= 0.6 is 24.0 Å². The molecule has 32 heavy (non-hydrogen) atoms. The Hall–Kier alpha value is -1.71. The summed E-state index contributed by atoms with van der Waals surface area (Å²) in [5.74, 6) is 2.48. The van der Waals surface area contributed by atoms with Gasteiger partial charge in [0.1, 0.15) is 0 Å². The lowest BCUT2D eigenvalue weighted by molar-refractivity contribution is -0.138. The van der Waals surface area contributed by atoms with Crippen molar-refractivity contribution in [3.05, 3.63) is 23.8 Å². The van der Waals surface area contributed by atoms with Gasteiger partial charge in [0.15, 0.2) is 17.5 Å². The van der Waals surface area contributed by atoms with Crippen LogP contribution in [-0.2, 0) is 11.3 Å². The summed E-state index contributed by atoms with van der Waals surface area (Å²) < 4.78 is 11.7. The highest BCUT2D eigenvalue weighted by molar-refractivity contribution is 14.0. The number of nitrogens with zero attached hydrogens (tertiary/aromatic N) is 2. The first-order valence-corrected chi connectivity index (χ1v) is 11.5. The van der Waals surface area contributed by atoms with E-state index in [4.69, 9.17) is 9.47 Å². The summed E-state index contributed by atoms with van der Waals surface area (Å²) in [6.07, 6.45) is 9.00. The molecule has 1 aromatic rings. The van der Waals surface area contributed by atoms with E-state index < -0.39 is 0 Å². The molecule has 0 radical (unpaired) electrons. The second kappa shape index (κ2) is 12.5. The average molecular weight is 559 g/mol. The first kappa shape index (κ1) is 26.5. The number of nitrogens with one attached hydrogen (secondary N) is 2. The van der Waals surface area contributed by atoms with Gasteiger partial charge in [-0.1, -0.05) is 18.9 Å². The smallest absolute Gasteiger partial charge is 0.230 e. The second-order valence-electron chi connectivity index (χ2n) is 8.98. The molecule has 2 aliphatic carbocycles. The van der Waals surface area contributed by atoms with Crippen LogP contribution in [0.25, 0.3) is 0 Å². The van der Waals surface area contributed by atoms with Crippen molar-refractivity contribution in [2.75, 3.05) is 34.8 Å². The topological polar surface area (TPSA) is 75.2 Å². The fourth-order valence-electron chi connectivity index (χ4n) is 4.76. The molecule has 0 unspecified atom stereocenters. The lowest BCUT2D eigenvalue weighted by Crippen LogP contribution is -2.49. The van der Waals surface area contributed by atoms with E-state index in [1.165, 1.54) is 12.8 Å². The molecule has 180 valence electrons. The van der Waals surface area contributed by atoms with Crippen LogP contribution in [0.3, 0.4) is 0 Å². The normalized spacial score (nSPS) is 18.1. The zero-order valence-corrected chi connectivity index (χ0v) is 22.2. The zero-order valence-electron chi connectivity index (χ0n) is 19.9. The number of carbonyl (C=O) groups is 1. The van der Waals surface area contributed by atoms with E-state index in [1.807, 2.05) is 32.3 Å². The summed E-state index contributed by atoms with van der Waals surface area (Å²) in [6, 6.07) is 6.04. The van der Waals surface area contributed by atoms with Gasteiger partial charge in [0, 0.05) is 34.2 Å². The minimum Gasteiger partial charge on any atom is -0.493 e. The molecule has 0 atom stereocenters. The van der Waals surface area contributed by atoms with Gasteiger partial charge in [-0.25, -0.2) is 0 Å². The number of amides is 1. The maximum absolute atomic E-state index is 12.8. The van der Waals surface area contributed by atoms with Crippen LogP contribution in [-0.4, -0.2) is 57.7 Å². The van der Waals surface area contributed by atoms with Gasteiger partial charge in [-0.3, -0.25) is 9.79 Å². The number of hydrogen-bond donors (Lipinski definition) is 2. The maximum Gasteiger partial charge on any atom is 0.230 e. The van der Waals surface area contributed by atoms with E-state index >= 15 is 0 Å². The van der Waals surface area contributed by atoms with Gasteiger partial charge in [0.25, 0.3) is 0 Å². The van der Waals surface area contributed by atoms with Gasteiger partial charge in [-0.15, -0.1) is 24.0 Å². The molecular weight excluding hydrogens is 519 g/mol. The van der Waals surface area contributed by atoms with Gasteiger partial charge in [0.05, 0.1) is 18.6 Å². The number of guanidine groups is 1. The first-order valence-electron chi connectivity index (χ1n) is 11.5. The van der Waals surface area contributed by atoms with Crippen LogP contribution in [0.5, 0.6) is 11.5 Å². The Labute approximate surface area is 209 Å². The van der Waals surface area contributed by atoms with E-state index in [9.17, 15) is 4.79 Å². The molecular formula is C24H39IN4O3. The highest BCUT2D eigenvalue weighted by Gasteiger charge is 2.42. The number of rotatable bonds is 8. The first-order chi connectivity index (χ1) is 15.0. The number of hydrogen-bond acceptors (Lipinski definition) is 4. The predicted molar refractivity (Wildman–Crippen MR) is 139 cm³/mol. The van der Waals surface area contributed by atoms with Gasteiger partial charge in [-0.2, -0.15) is 0 Å². The van der Waals surface area contributed by atoms with Crippen LogP contribution in [0.1, 0.15) is 56.9 Å². The Kier molecular flexibility index (Phi) is 10.4. The number of halogens is 1. The highest BCUT2D eigenvalue weighted by Crippen LogP contribution is 2.39. The third-order valence-corrected chi connectivity index (χ3v) is 6.52. The molecule has 1 aromatic carbocycles. The van der Waals surface area contributed by atoms with Crippen LogP contribution in [0.15, 0.2) is 23.2 Å². The summed E-state index contributed by atoms with van der Waals surface area (Å²) >= 11 is 0. The third kappa shape index (κ3) is 6.65. The minimum absolute atomic E-state index is 0. The van der Waals surface area contributed by atoms with Crippen LogP contribution < -0.4 is 20.1 Å². The van der Waals surface area contributed by atoms with Crippen molar-refractivity contribution in [3.8, 4) is 11.5 Å². The summed E-state index contributed by atoms with van der Waals surface area (Å²) in [7, 11) is 7.11. The number of carbonyl (C=O) groups excluding carboxylic acids is 1. The Morgan fingerprint density at radius 3 is 2.41 bits per heavy atom. The van der Waals surface area contributed by atoms with Crippen molar-refractivity contribution in [2.24, 2.45) is 10.4 Å². The van der Waals surface area contributed by atoms with Crippen molar-refractivity contribution in [1.82, 2.24) is 15.5 Å². The highest BCUT2D eigenvalue weighted by atomic mass is 127. The van der Waals surface area contributed by atoms with E-state index in [0.29, 0.717) is 19.0 Å². The van der Waals surface area contributed by atoms with Crippen LogP contribution in [0.2, 0.25) is 0 Å². The van der Waals surface area contributed by atoms with Crippen LogP contribution in [0.4, 0.5) is 0 Å². The SMILES string of the molecule is CN=C(NCc1ccc(OC)c(OC2CCCC2)c1)NCC1(C(=O)N(C)C)CCCC1.I. The fourth-order valence-corrected chi connectivity index (χ4v) is 4.76. The number of ether oxygens (including phenoxy) is 2. The monoisotopic (exact) mass is 558 g/mol. The third-order valence-electron chi connectivity index (χ3n) is 6.52. The fraction of sp³-hybridized carbons (Fsp3) is 0.667. The van der Waals surface area contributed by atoms with E-state index in [2.05, 4.69) is 15.6 Å². The van der Waals surface area contributed by atoms with Gasteiger partial charge in [-0.05, 0) is 56.2 Å². The average Bonchev–Trinajstić information content (AvgIpc) is 3.46. The molecule has 0 heterocycles. The molecule has 0 aromatic heterocycles. The molecule has 2 aliphatic rings. The molecule has 8 heteroatoms. The minimum atomic E-state index is -0.330. The summed E-state index contributed by atoms with van der Waals surface area (Å²) in [4.78, 5) is 18.9. The lowest BCUT2D eigenvalue weighted by atomic mass is 9.84. The van der Waals surface area contributed by atoms with Crippen molar-refractivity contribution in [3.63, 3.8) is 0 Å². The largest absolute Gasteiger partial charge is 0.493 e. The molecule has 7 nitrogen and oxygen atoms in total. The summed E-state index contributed by atoms with van der Waals surface area (Å²) in [5.41, 5.74) is 0.764. The number of methoxy groups -OCH3 is 1. The maximum atomic E-state index is 12.8. The number of aliphatic imine (C=N–C) groups is 1. The van der Waals surface area contributed by atoms with Crippen molar-refractivity contribution >= 4 is 35.8 Å². The predicted octanol–water partition coefficient (Wildman–Crippen LogP) is 3.95. The molecule has 0 aliphatic heterocycles. The van der Waals surface area contributed by atoms with Gasteiger partial charge >= 0.3 is 0 Å². The molecule has 3 rings (SSSR count). The van der Waals surface area contributed by atoms with Crippen molar-refractivity contribution in [2.45, 2.75) is 64.0 Å². The second-order valence-corrected chi connectivity index (χ2v) is 8.98. The van der Waals surface area contributed by atoms with Gasteiger partial charge < -0.3 is 25.0 Å². The lowest BCUT2D eigenvalue weighted by Gasteiger charge is -2.31. The van der Waals surface area contributed by atoms with E-state index in [0.717, 1.165) is 55.6 Å². The summed E-state index contributed by atoms with van der Waals surface area (Å²) in [5, 5.41) is 6.76. The number of benzene rings is 1. The van der Waals surface area contributed by atoms with Crippen LogP contribution in [0, 0.1) is 5.41 Å². The Morgan fingerprint density at radius 2 is 1.81 bits per heavy atom. The molecule has 0 saturated heterocycles. The van der Waals surface area contributed by atoms with Crippen molar-refractivity contribution < 1.29 is 14.3 Å².